The summed E-state index contributed by atoms with van der Waals surface area (Å²) in [5, 5.41) is 3.90. The smallest absolute Gasteiger partial charge is 0.276 e. The number of ether oxygens (including phenoxy) is 1. The van der Waals surface area contributed by atoms with Crippen molar-refractivity contribution in [2.75, 3.05) is 6.61 Å². The SMILES string of the molecule is O=C(CCn1cncn1)NNC(=O)COc1ccccc1-c1ccccc1. The molecule has 0 saturated heterocycles. The molecule has 0 radical (unpaired) electrons. The highest BCUT2D eigenvalue weighted by Gasteiger charge is 2.09. The van der Waals surface area contributed by atoms with Gasteiger partial charge in [0, 0.05) is 12.0 Å². The number of nitrogens with one attached hydrogen (secondary N) is 2. The number of hydrazine groups is 1. The van der Waals surface area contributed by atoms with E-state index in [1.165, 1.54) is 17.3 Å². The first-order valence-corrected chi connectivity index (χ1v) is 8.40. The van der Waals surface area contributed by atoms with Gasteiger partial charge in [-0.2, -0.15) is 5.10 Å². The van der Waals surface area contributed by atoms with Crippen LogP contribution in [-0.2, 0) is 16.1 Å². The van der Waals surface area contributed by atoms with E-state index in [2.05, 4.69) is 20.9 Å². The minimum absolute atomic E-state index is 0.168. The maximum Gasteiger partial charge on any atom is 0.276 e. The molecule has 2 amide bonds. The zero-order valence-electron chi connectivity index (χ0n) is 14.5. The predicted octanol–water partition coefficient (Wildman–Crippen LogP) is 1.56. The van der Waals surface area contributed by atoms with Gasteiger partial charge in [0.05, 0.1) is 6.54 Å². The lowest BCUT2D eigenvalue weighted by molar-refractivity contribution is -0.130. The molecule has 0 fully saturated rings. The second-order valence-electron chi connectivity index (χ2n) is 5.66. The summed E-state index contributed by atoms with van der Waals surface area (Å²) in [6, 6.07) is 17.2. The van der Waals surface area contributed by atoms with Crippen molar-refractivity contribution in [3.63, 3.8) is 0 Å². The molecule has 27 heavy (non-hydrogen) atoms. The van der Waals surface area contributed by atoms with Gasteiger partial charge in [-0.25, -0.2) is 4.98 Å². The Balaban J connectivity index is 1.46. The Kier molecular flexibility index (Phi) is 6.13. The summed E-state index contributed by atoms with van der Waals surface area (Å²) in [4.78, 5) is 27.4. The van der Waals surface area contributed by atoms with Gasteiger partial charge in [0.2, 0.25) is 5.91 Å². The molecule has 8 nitrogen and oxygen atoms in total. The number of para-hydroxylation sites is 1. The van der Waals surface area contributed by atoms with Crippen molar-refractivity contribution < 1.29 is 14.3 Å². The van der Waals surface area contributed by atoms with Crippen LogP contribution in [0.1, 0.15) is 6.42 Å². The highest BCUT2D eigenvalue weighted by atomic mass is 16.5. The summed E-state index contributed by atoms with van der Waals surface area (Å²) in [5.41, 5.74) is 6.57. The zero-order chi connectivity index (χ0) is 18.9. The monoisotopic (exact) mass is 365 g/mol. The Bertz CT molecular complexity index is 881. The van der Waals surface area contributed by atoms with Crippen LogP contribution in [0.4, 0.5) is 0 Å². The van der Waals surface area contributed by atoms with E-state index in [-0.39, 0.29) is 18.9 Å². The molecule has 3 rings (SSSR count). The Morgan fingerprint density at radius 2 is 1.70 bits per heavy atom. The molecule has 1 aromatic heterocycles. The summed E-state index contributed by atoms with van der Waals surface area (Å²) in [5.74, 6) is -0.188. The normalized spacial score (nSPS) is 10.2. The molecule has 0 aliphatic rings. The van der Waals surface area contributed by atoms with Crippen LogP contribution in [0.5, 0.6) is 5.75 Å². The van der Waals surface area contributed by atoms with Crippen molar-refractivity contribution in [2.45, 2.75) is 13.0 Å². The number of aromatic nitrogens is 3. The Morgan fingerprint density at radius 3 is 2.48 bits per heavy atom. The quantitative estimate of drug-likeness (QED) is 0.619. The van der Waals surface area contributed by atoms with Gasteiger partial charge in [-0.1, -0.05) is 48.5 Å². The number of benzene rings is 2. The number of carbonyl (C=O) groups is 2. The number of hydrogen-bond acceptors (Lipinski definition) is 5. The van der Waals surface area contributed by atoms with Crippen LogP contribution < -0.4 is 15.6 Å². The number of nitrogens with zero attached hydrogens (tertiary/aromatic N) is 3. The standard InChI is InChI=1S/C19H19N5O3/c25-18(10-11-24-14-20-13-21-24)22-23-19(26)12-27-17-9-5-4-8-16(17)15-6-2-1-3-7-15/h1-9,13-14H,10-12H2,(H,22,25)(H,23,26). The molecule has 0 aliphatic heterocycles. The van der Waals surface area contributed by atoms with Crippen LogP contribution in [0.15, 0.2) is 67.3 Å². The van der Waals surface area contributed by atoms with Gasteiger partial charge < -0.3 is 4.74 Å². The van der Waals surface area contributed by atoms with Gasteiger partial charge in [0.1, 0.15) is 18.4 Å². The average molecular weight is 365 g/mol. The molecule has 2 aromatic carbocycles. The minimum atomic E-state index is -0.452. The maximum atomic E-state index is 11.9. The molecule has 1 heterocycles. The van der Waals surface area contributed by atoms with Crippen LogP contribution in [0.25, 0.3) is 11.1 Å². The molecular weight excluding hydrogens is 346 g/mol. The number of amides is 2. The average Bonchev–Trinajstić information content (AvgIpc) is 3.24. The lowest BCUT2D eigenvalue weighted by atomic mass is 10.1. The lowest BCUT2D eigenvalue weighted by Crippen LogP contribution is -2.44. The largest absolute Gasteiger partial charge is 0.483 e. The zero-order valence-corrected chi connectivity index (χ0v) is 14.5. The maximum absolute atomic E-state index is 11.9. The molecule has 0 atom stereocenters. The van der Waals surface area contributed by atoms with Crippen LogP contribution in [0.3, 0.4) is 0 Å². The van der Waals surface area contributed by atoms with E-state index in [1.54, 1.807) is 6.07 Å². The molecule has 0 unspecified atom stereocenters. The Morgan fingerprint density at radius 1 is 0.963 bits per heavy atom. The fraction of sp³-hybridized carbons (Fsp3) is 0.158. The molecule has 2 N–H and O–H groups in total. The summed E-state index contributed by atoms with van der Waals surface area (Å²) in [7, 11) is 0. The van der Waals surface area contributed by atoms with Crippen LogP contribution in [-0.4, -0.2) is 33.2 Å². The molecule has 138 valence electrons. The second-order valence-corrected chi connectivity index (χ2v) is 5.66. The van der Waals surface area contributed by atoms with Gasteiger partial charge in [-0.15, -0.1) is 0 Å². The van der Waals surface area contributed by atoms with E-state index in [0.29, 0.717) is 12.3 Å². The highest BCUT2D eigenvalue weighted by molar-refractivity contribution is 5.83. The lowest BCUT2D eigenvalue weighted by Gasteiger charge is -2.12. The fourth-order valence-electron chi connectivity index (χ4n) is 2.39. The summed E-state index contributed by atoms with van der Waals surface area (Å²) >= 11 is 0. The third-order valence-corrected chi connectivity index (χ3v) is 3.71. The Hall–Kier alpha value is -3.68. The van der Waals surface area contributed by atoms with E-state index in [1.807, 2.05) is 48.5 Å². The second kappa shape index (κ2) is 9.14. The first kappa shape index (κ1) is 18.1. The number of carbonyl (C=O) groups excluding carboxylic acids is 2. The highest BCUT2D eigenvalue weighted by Crippen LogP contribution is 2.29. The van der Waals surface area contributed by atoms with Crippen LogP contribution in [0, 0.1) is 0 Å². The number of rotatable bonds is 7. The van der Waals surface area contributed by atoms with Crippen molar-refractivity contribution >= 4 is 11.8 Å². The molecule has 0 spiro atoms. The minimum Gasteiger partial charge on any atom is -0.483 e. The molecule has 3 aromatic rings. The molecular formula is C19H19N5O3. The van der Waals surface area contributed by atoms with E-state index in [4.69, 9.17) is 4.74 Å². The van der Waals surface area contributed by atoms with Gasteiger partial charge in [0.25, 0.3) is 5.91 Å². The van der Waals surface area contributed by atoms with E-state index >= 15 is 0 Å². The van der Waals surface area contributed by atoms with E-state index in [0.717, 1.165) is 11.1 Å². The molecule has 0 bridgehead atoms. The van der Waals surface area contributed by atoms with Crippen molar-refractivity contribution in [2.24, 2.45) is 0 Å². The summed E-state index contributed by atoms with van der Waals surface area (Å²) < 4.78 is 7.15. The van der Waals surface area contributed by atoms with Gasteiger partial charge in [0.15, 0.2) is 6.61 Å². The molecule has 8 heteroatoms. The van der Waals surface area contributed by atoms with Gasteiger partial charge in [-0.3, -0.25) is 25.1 Å². The van der Waals surface area contributed by atoms with Crippen LogP contribution >= 0.6 is 0 Å². The third kappa shape index (κ3) is 5.40. The first-order chi connectivity index (χ1) is 13.2. The van der Waals surface area contributed by atoms with E-state index < -0.39 is 5.91 Å². The van der Waals surface area contributed by atoms with Gasteiger partial charge >= 0.3 is 0 Å². The topological polar surface area (TPSA) is 98.1 Å². The number of hydrogen-bond donors (Lipinski definition) is 2. The van der Waals surface area contributed by atoms with Crippen LogP contribution in [0.2, 0.25) is 0 Å². The van der Waals surface area contributed by atoms with Crippen molar-refractivity contribution in [3.05, 3.63) is 67.3 Å². The van der Waals surface area contributed by atoms with Crippen molar-refractivity contribution in [1.29, 1.82) is 0 Å². The third-order valence-electron chi connectivity index (χ3n) is 3.71. The summed E-state index contributed by atoms with van der Waals surface area (Å²) in [6.07, 6.45) is 3.08. The van der Waals surface area contributed by atoms with E-state index in [9.17, 15) is 9.59 Å². The molecule has 0 aliphatic carbocycles. The summed E-state index contributed by atoms with van der Waals surface area (Å²) in [6.45, 7) is 0.163. The van der Waals surface area contributed by atoms with Crippen molar-refractivity contribution in [1.82, 2.24) is 25.6 Å². The number of aryl methyl sites for hydroxylation is 1. The Labute approximate surface area is 156 Å². The first-order valence-electron chi connectivity index (χ1n) is 8.40. The molecule has 0 saturated carbocycles. The van der Waals surface area contributed by atoms with Crippen molar-refractivity contribution in [3.8, 4) is 16.9 Å². The predicted molar refractivity (Wildman–Crippen MR) is 98.3 cm³/mol. The fourth-order valence-corrected chi connectivity index (χ4v) is 2.39. The van der Waals surface area contributed by atoms with Gasteiger partial charge in [-0.05, 0) is 11.6 Å².